The van der Waals surface area contributed by atoms with Crippen LogP contribution >= 0.6 is 0 Å². The average Bonchev–Trinajstić information content (AvgIpc) is 3.68. The Morgan fingerprint density at radius 3 is 1.70 bits per heavy atom. The summed E-state index contributed by atoms with van der Waals surface area (Å²) in [5, 5.41) is 0. The molecule has 0 bridgehead atoms. The predicted molar refractivity (Wildman–Crippen MR) is 258 cm³/mol. The van der Waals surface area contributed by atoms with Gasteiger partial charge in [-0.15, -0.1) is 42.1 Å². The number of hydrogen-bond acceptors (Lipinski definition) is 7. The van der Waals surface area contributed by atoms with Crippen LogP contribution < -0.4 is 45.6 Å². The minimum atomic E-state index is 0. The topological polar surface area (TPSA) is 38.3 Å². The number of ether oxygens (including phenoxy) is 1. The van der Waals surface area contributed by atoms with E-state index in [4.69, 9.17) is 9.72 Å². The van der Waals surface area contributed by atoms with Gasteiger partial charge in [0.1, 0.15) is 5.82 Å². The van der Waals surface area contributed by atoms with Gasteiger partial charge in [-0.25, -0.2) is 4.98 Å². The first-order valence-electron chi connectivity index (χ1n) is 21.1. The third-order valence-electron chi connectivity index (χ3n) is 12.1. The molecule has 12 rings (SSSR count). The van der Waals surface area contributed by atoms with E-state index in [0.717, 1.165) is 68.4 Å². The Bertz CT molecular complexity index is 3040. The monoisotopic (exact) mass is 1000 g/mol. The van der Waals surface area contributed by atoms with Crippen molar-refractivity contribution in [2.75, 3.05) is 31.5 Å². The zero-order chi connectivity index (χ0) is 41.9. The van der Waals surface area contributed by atoms with Crippen molar-refractivity contribution in [3.63, 3.8) is 0 Å². The van der Waals surface area contributed by atoms with E-state index in [0.29, 0.717) is 11.5 Å². The molecular formula is C55H38BN6OPt-3. The Labute approximate surface area is 388 Å². The number of pyridine rings is 1. The van der Waals surface area contributed by atoms with Crippen molar-refractivity contribution >= 4 is 91.5 Å². The van der Waals surface area contributed by atoms with E-state index in [1.807, 2.05) is 54.7 Å². The fourth-order valence-corrected chi connectivity index (χ4v) is 9.44. The Hall–Kier alpha value is -7.54. The summed E-state index contributed by atoms with van der Waals surface area (Å²) in [6, 6.07) is 77.2. The zero-order valence-electron chi connectivity index (χ0n) is 34.7. The molecule has 0 spiro atoms. The second-order valence-electron chi connectivity index (χ2n) is 15.8. The van der Waals surface area contributed by atoms with E-state index < -0.39 is 0 Å². The van der Waals surface area contributed by atoms with Gasteiger partial charge in [0.15, 0.2) is 0 Å². The molecule has 0 saturated heterocycles. The van der Waals surface area contributed by atoms with Gasteiger partial charge in [-0.2, -0.15) is 18.8 Å². The minimum Gasteiger partial charge on any atom is -0.509 e. The van der Waals surface area contributed by atoms with Gasteiger partial charge < -0.3 is 29.2 Å². The zero-order valence-corrected chi connectivity index (χ0v) is 37.0. The number of hydrogen-bond donors (Lipinski definition) is 0. The first-order valence-corrected chi connectivity index (χ1v) is 21.1. The Morgan fingerprint density at radius 2 is 1.08 bits per heavy atom. The van der Waals surface area contributed by atoms with Crippen molar-refractivity contribution in [3.8, 4) is 11.5 Å². The number of anilines is 12. The van der Waals surface area contributed by atoms with Gasteiger partial charge >= 0.3 is 0 Å². The van der Waals surface area contributed by atoms with E-state index in [1.165, 1.54) is 16.4 Å². The van der Waals surface area contributed by atoms with Crippen LogP contribution in [-0.4, -0.2) is 18.7 Å². The molecule has 310 valence electrons. The minimum absolute atomic E-state index is 0. The number of para-hydroxylation sites is 6. The fraction of sp³-hybridized carbons (Fsp3) is 0.0182. The van der Waals surface area contributed by atoms with E-state index in [-0.39, 0.29) is 27.8 Å². The number of fused-ring (bicyclic) bond motifs is 5. The molecule has 0 unspecified atom stereocenters. The van der Waals surface area contributed by atoms with Crippen LogP contribution in [0.15, 0.2) is 206 Å². The third kappa shape index (κ3) is 6.61. The maximum absolute atomic E-state index is 6.61. The van der Waals surface area contributed by atoms with Gasteiger partial charge in [-0.3, -0.25) is 0 Å². The average molecular weight is 1000 g/mol. The van der Waals surface area contributed by atoms with E-state index in [9.17, 15) is 0 Å². The molecule has 3 aliphatic heterocycles. The molecule has 0 fully saturated rings. The normalized spacial score (nSPS) is 13.0. The van der Waals surface area contributed by atoms with Crippen LogP contribution in [0.4, 0.5) is 68.4 Å². The second-order valence-corrected chi connectivity index (χ2v) is 15.8. The summed E-state index contributed by atoms with van der Waals surface area (Å²) in [5.74, 6) is 1.90. The second kappa shape index (κ2) is 16.3. The predicted octanol–water partition coefficient (Wildman–Crippen LogP) is 11.7. The Kier molecular flexibility index (Phi) is 10.0. The molecule has 3 aliphatic rings. The summed E-state index contributed by atoms with van der Waals surface area (Å²) in [6.45, 7) is 2.07. The van der Waals surface area contributed by atoms with Crippen LogP contribution in [0, 0.1) is 18.8 Å². The molecule has 7 nitrogen and oxygen atoms in total. The molecule has 0 atom stereocenters. The molecule has 0 N–H and O–H groups in total. The van der Waals surface area contributed by atoms with E-state index in [1.54, 1.807) is 0 Å². The molecule has 1 aromatic heterocycles. The van der Waals surface area contributed by atoms with Gasteiger partial charge in [0.2, 0.25) is 0 Å². The van der Waals surface area contributed by atoms with Crippen molar-refractivity contribution in [1.29, 1.82) is 0 Å². The molecule has 8 aromatic carbocycles. The summed E-state index contributed by atoms with van der Waals surface area (Å²) in [5.41, 5.74) is 15.2. The smallest absolute Gasteiger partial charge is 0.252 e. The molecule has 9 heteroatoms. The van der Waals surface area contributed by atoms with E-state index in [2.05, 4.69) is 202 Å². The standard InChI is InChI=1S/C55H38BN6O.Pt/c1-58-38-59(51-31-13-12-30-50(51)58)41-22-16-24-44(34-41)63-45-25-17-23-42(35-45)60(54-32-14-15-33-57-54)43-36-52-55-53(37-43)62(40-20-6-3-7-21-40)49-29-11-9-27-47(49)56(55)46-26-8-10-28-48(46)61(52)39-18-4-2-5-19-39;/h2-33,36-38H,1H3;/q-3;. The van der Waals surface area contributed by atoms with Crippen LogP contribution in [0.2, 0.25) is 0 Å². The summed E-state index contributed by atoms with van der Waals surface area (Å²) in [7, 11) is 2.05. The molecule has 4 heterocycles. The molecule has 0 aliphatic carbocycles. The van der Waals surface area contributed by atoms with Gasteiger partial charge in [-0.1, -0.05) is 96.7 Å². The summed E-state index contributed by atoms with van der Waals surface area (Å²) < 4.78 is 6.61. The van der Waals surface area contributed by atoms with Crippen LogP contribution in [0.1, 0.15) is 0 Å². The molecule has 64 heavy (non-hydrogen) atoms. The maximum Gasteiger partial charge on any atom is 0.252 e. The summed E-state index contributed by atoms with van der Waals surface area (Å²) in [6.07, 6.45) is 1.84. The first kappa shape index (κ1) is 39.3. The molecule has 9 aromatic rings. The van der Waals surface area contributed by atoms with Crippen LogP contribution in [0.25, 0.3) is 0 Å². The SMILES string of the molecule is CN1[CH-]N(c2[c-]c(Oc3[c-]c(N(c4cc5c6c(c4)N(c4ccccc4)c4ccccc4B6c4ccccc4N5c4ccccc4)c4ccccn4)ccc3)ccc2)c2ccccc21.[Pt]. The molecular weight excluding hydrogens is 967 g/mol. The number of nitrogens with zero attached hydrogens (tertiary/aromatic N) is 6. The quantitative estimate of drug-likeness (QED) is 0.111. The number of rotatable bonds is 8. The van der Waals surface area contributed by atoms with Crippen molar-refractivity contribution < 1.29 is 25.8 Å². The van der Waals surface area contributed by atoms with Gasteiger partial charge in [0.25, 0.3) is 6.71 Å². The van der Waals surface area contributed by atoms with Gasteiger partial charge in [0, 0.05) is 89.9 Å². The maximum atomic E-state index is 6.61. The van der Waals surface area contributed by atoms with Crippen molar-refractivity contribution in [2.24, 2.45) is 0 Å². The molecule has 0 saturated carbocycles. The van der Waals surface area contributed by atoms with Crippen LogP contribution in [0.3, 0.4) is 0 Å². The van der Waals surface area contributed by atoms with Crippen molar-refractivity contribution in [2.45, 2.75) is 0 Å². The molecule has 0 radical (unpaired) electrons. The summed E-state index contributed by atoms with van der Waals surface area (Å²) >= 11 is 0. The molecule has 0 amide bonds. The van der Waals surface area contributed by atoms with E-state index >= 15 is 0 Å². The third-order valence-corrected chi connectivity index (χ3v) is 12.1. The number of benzene rings is 8. The van der Waals surface area contributed by atoms with Crippen LogP contribution in [-0.2, 0) is 21.1 Å². The first-order chi connectivity index (χ1) is 31.2. The Balaban J connectivity index is 0.00000456. The van der Waals surface area contributed by atoms with Crippen LogP contribution in [0.5, 0.6) is 11.5 Å². The largest absolute Gasteiger partial charge is 0.509 e. The fourth-order valence-electron chi connectivity index (χ4n) is 9.44. The summed E-state index contributed by atoms with van der Waals surface area (Å²) in [4.78, 5) is 16.2. The van der Waals surface area contributed by atoms with Gasteiger partial charge in [-0.05, 0) is 96.2 Å². The number of aromatic nitrogens is 1. The van der Waals surface area contributed by atoms with Crippen molar-refractivity contribution in [3.05, 3.63) is 225 Å². The Morgan fingerprint density at radius 1 is 0.531 bits per heavy atom. The van der Waals surface area contributed by atoms with Gasteiger partial charge in [0.05, 0.1) is 0 Å². The van der Waals surface area contributed by atoms with Crippen molar-refractivity contribution in [1.82, 2.24) is 4.98 Å².